The van der Waals surface area contributed by atoms with Crippen LogP contribution in [0.4, 0.5) is 5.69 Å². The van der Waals surface area contributed by atoms with Crippen LogP contribution < -0.4 is 4.72 Å². The van der Waals surface area contributed by atoms with E-state index in [0.717, 1.165) is 16.9 Å². The van der Waals surface area contributed by atoms with Gasteiger partial charge in [0.15, 0.2) is 0 Å². The van der Waals surface area contributed by atoms with Crippen molar-refractivity contribution in [2.45, 2.75) is 17.7 Å². The molecular weight excluding hydrogens is 306 g/mol. The van der Waals surface area contributed by atoms with E-state index in [4.69, 9.17) is 11.6 Å². The minimum atomic E-state index is -3.67. The van der Waals surface area contributed by atoms with Crippen LogP contribution in [0.1, 0.15) is 11.1 Å². The first-order valence-electron chi connectivity index (χ1n) is 5.41. The van der Waals surface area contributed by atoms with Crippen LogP contribution in [-0.2, 0) is 16.6 Å². The number of aliphatic hydroxyl groups is 1. The van der Waals surface area contributed by atoms with Crippen LogP contribution in [0.3, 0.4) is 0 Å². The van der Waals surface area contributed by atoms with Crippen molar-refractivity contribution in [3.63, 3.8) is 0 Å². The molecule has 4 nitrogen and oxygen atoms in total. The summed E-state index contributed by atoms with van der Waals surface area (Å²) in [5.74, 6) is 0. The molecule has 0 amide bonds. The zero-order valence-electron chi connectivity index (χ0n) is 10.1. The number of hydrogen-bond donors (Lipinski definition) is 2. The molecule has 0 fully saturated rings. The van der Waals surface area contributed by atoms with Gasteiger partial charge < -0.3 is 5.11 Å². The number of halogens is 1. The maximum Gasteiger partial charge on any atom is 0.271 e. The lowest BCUT2D eigenvalue weighted by molar-refractivity contribution is 0.282. The van der Waals surface area contributed by atoms with E-state index < -0.39 is 10.0 Å². The third-order valence-electron chi connectivity index (χ3n) is 2.58. The third-order valence-corrected chi connectivity index (χ3v) is 5.65. The molecule has 0 spiro atoms. The van der Waals surface area contributed by atoms with Crippen molar-refractivity contribution in [3.8, 4) is 0 Å². The molecule has 0 saturated carbocycles. The lowest BCUT2D eigenvalue weighted by atomic mass is 10.1. The number of aliphatic hydroxyl groups excluding tert-OH is 1. The van der Waals surface area contributed by atoms with Crippen molar-refractivity contribution in [1.29, 1.82) is 0 Å². The van der Waals surface area contributed by atoms with Crippen LogP contribution >= 0.6 is 22.9 Å². The average Bonchev–Trinajstić information content (AvgIpc) is 2.79. The zero-order chi connectivity index (χ0) is 14.0. The summed E-state index contributed by atoms with van der Waals surface area (Å²) in [4.78, 5) is 0. The van der Waals surface area contributed by atoms with Crippen molar-refractivity contribution in [2.75, 3.05) is 4.72 Å². The number of aryl methyl sites for hydroxylation is 1. The summed E-state index contributed by atoms with van der Waals surface area (Å²) < 4.78 is 27.4. The van der Waals surface area contributed by atoms with Gasteiger partial charge in [-0.2, -0.15) is 0 Å². The fourth-order valence-electron chi connectivity index (χ4n) is 1.63. The highest BCUT2D eigenvalue weighted by atomic mass is 35.5. The zero-order valence-corrected chi connectivity index (χ0v) is 12.4. The molecule has 2 rings (SSSR count). The van der Waals surface area contributed by atoms with E-state index in [1.807, 2.05) is 0 Å². The number of rotatable bonds is 4. The summed E-state index contributed by atoms with van der Waals surface area (Å²) in [5, 5.41) is 9.26. The fourth-order valence-corrected chi connectivity index (χ4v) is 4.29. The molecule has 102 valence electrons. The summed E-state index contributed by atoms with van der Waals surface area (Å²) in [6.07, 6.45) is 0. The first-order valence-corrected chi connectivity index (χ1v) is 8.09. The second-order valence-corrected chi connectivity index (χ2v) is 7.56. The van der Waals surface area contributed by atoms with E-state index in [1.165, 1.54) is 12.1 Å². The average molecular weight is 318 g/mol. The molecule has 2 N–H and O–H groups in total. The molecule has 0 aliphatic carbocycles. The second-order valence-electron chi connectivity index (χ2n) is 3.93. The van der Waals surface area contributed by atoms with Gasteiger partial charge in [0.1, 0.15) is 4.21 Å². The summed E-state index contributed by atoms with van der Waals surface area (Å²) in [6.45, 7) is 1.54. The molecule has 0 bridgehead atoms. The Bertz CT molecular complexity index is 695. The fraction of sp³-hybridized carbons (Fsp3) is 0.167. The van der Waals surface area contributed by atoms with E-state index >= 15 is 0 Å². The van der Waals surface area contributed by atoms with Crippen LogP contribution in [0.5, 0.6) is 0 Å². The van der Waals surface area contributed by atoms with E-state index in [1.54, 1.807) is 25.1 Å². The van der Waals surface area contributed by atoms with Gasteiger partial charge in [0.25, 0.3) is 10.0 Å². The molecule has 1 aromatic heterocycles. The van der Waals surface area contributed by atoms with Crippen LogP contribution in [0, 0.1) is 6.92 Å². The van der Waals surface area contributed by atoms with Gasteiger partial charge in [-0.15, -0.1) is 11.3 Å². The maximum atomic E-state index is 12.2. The quantitative estimate of drug-likeness (QED) is 0.911. The summed E-state index contributed by atoms with van der Waals surface area (Å²) in [6, 6.07) is 8.20. The first kappa shape index (κ1) is 14.3. The number of anilines is 1. The maximum absolute atomic E-state index is 12.2. The standard InChI is InChI=1S/C12H12ClNO3S2/c1-8-3-2-4-9(7-15)12(8)14-19(16,17)11-6-5-10(13)18-11/h2-6,14-15H,7H2,1H3. The predicted octanol–water partition coefficient (Wildman–Crippen LogP) is 3.00. The molecule has 0 atom stereocenters. The van der Waals surface area contributed by atoms with Gasteiger partial charge >= 0.3 is 0 Å². The largest absolute Gasteiger partial charge is 0.392 e. The SMILES string of the molecule is Cc1cccc(CO)c1NS(=O)(=O)c1ccc(Cl)s1. The van der Waals surface area contributed by atoms with Crippen molar-refractivity contribution >= 4 is 38.6 Å². The number of thiophene rings is 1. The highest BCUT2D eigenvalue weighted by molar-refractivity contribution is 7.94. The smallest absolute Gasteiger partial charge is 0.271 e. The summed E-state index contributed by atoms with van der Waals surface area (Å²) >= 11 is 6.73. The monoisotopic (exact) mass is 317 g/mol. The van der Waals surface area contributed by atoms with Crippen LogP contribution in [0.2, 0.25) is 4.34 Å². The topological polar surface area (TPSA) is 66.4 Å². The number of sulfonamides is 1. The van der Waals surface area contributed by atoms with Crippen molar-refractivity contribution in [1.82, 2.24) is 0 Å². The number of benzene rings is 1. The number of para-hydroxylation sites is 1. The second kappa shape index (κ2) is 5.50. The minimum absolute atomic E-state index is 0.143. The van der Waals surface area contributed by atoms with Crippen molar-refractivity contribution in [2.24, 2.45) is 0 Å². The van der Waals surface area contributed by atoms with Crippen molar-refractivity contribution in [3.05, 3.63) is 45.8 Å². The lowest BCUT2D eigenvalue weighted by Crippen LogP contribution is -2.14. The minimum Gasteiger partial charge on any atom is -0.392 e. The lowest BCUT2D eigenvalue weighted by Gasteiger charge is -2.13. The van der Waals surface area contributed by atoms with Crippen LogP contribution in [-0.4, -0.2) is 13.5 Å². The molecule has 0 saturated heterocycles. The third kappa shape index (κ3) is 3.09. The summed E-state index contributed by atoms with van der Waals surface area (Å²) in [5.41, 5.74) is 1.69. The Kier molecular flexibility index (Phi) is 4.15. The van der Waals surface area contributed by atoms with Gasteiger partial charge in [-0.3, -0.25) is 4.72 Å². The molecule has 19 heavy (non-hydrogen) atoms. The molecule has 0 unspecified atom stereocenters. The normalized spacial score (nSPS) is 11.5. The number of nitrogens with one attached hydrogen (secondary N) is 1. The van der Waals surface area contributed by atoms with Gasteiger partial charge in [0.05, 0.1) is 16.6 Å². The molecule has 0 aliphatic heterocycles. The van der Waals surface area contributed by atoms with Gasteiger partial charge in [-0.25, -0.2) is 8.42 Å². The molecular formula is C12H12ClNO3S2. The van der Waals surface area contributed by atoms with E-state index in [-0.39, 0.29) is 10.8 Å². The van der Waals surface area contributed by atoms with Gasteiger partial charge in [-0.1, -0.05) is 29.8 Å². The van der Waals surface area contributed by atoms with Gasteiger partial charge in [-0.05, 0) is 24.6 Å². The van der Waals surface area contributed by atoms with Crippen LogP contribution in [0.15, 0.2) is 34.5 Å². The van der Waals surface area contributed by atoms with Crippen molar-refractivity contribution < 1.29 is 13.5 Å². The molecule has 1 aromatic carbocycles. The molecule has 0 aliphatic rings. The summed E-state index contributed by atoms with van der Waals surface area (Å²) in [7, 11) is -3.67. The molecule has 1 heterocycles. The highest BCUT2D eigenvalue weighted by Gasteiger charge is 2.19. The Morgan fingerprint density at radius 2 is 2.05 bits per heavy atom. The van der Waals surface area contributed by atoms with E-state index in [2.05, 4.69) is 4.72 Å². The number of hydrogen-bond acceptors (Lipinski definition) is 4. The molecule has 2 aromatic rings. The van der Waals surface area contributed by atoms with Gasteiger partial charge in [0, 0.05) is 5.56 Å². The molecule has 7 heteroatoms. The Morgan fingerprint density at radius 3 is 2.63 bits per heavy atom. The Balaban J connectivity index is 2.41. The Labute approximate surface area is 120 Å². The van der Waals surface area contributed by atoms with Crippen LogP contribution in [0.25, 0.3) is 0 Å². The molecule has 0 radical (unpaired) electrons. The predicted molar refractivity (Wildman–Crippen MR) is 77.2 cm³/mol. The Morgan fingerprint density at radius 1 is 1.32 bits per heavy atom. The Hall–Kier alpha value is -1.08. The van der Waals surface area contributed by atoms with E-state index in [9.17, 15) is 13.5 Å². The first-order chi connectivity index (χ1) is 8.94. The van der Waals surface area contributed by atoms with E-state index in [0.29, 0.717) is 15.6 Å². The van der Waals surface area contributed by atoms with Gasteiger partial charge in [0.2, 0.25) is 0 Å². The highest BCUT2D eigenvalue weighted by Crippen LogP contribution is 2.29.